The molecule has 2 aliphatic rings. The summed E-state index contributed by atoms with van der Waals surface area (Å²) in [6.45, 7) is 1.03. The molecule has 1 saturated heterocycles. The molecule has 2 nitrogen and oxygen atoms in total. The van der Waals surface area contributed by atoms with E-state index in [1.54, 1.807) is 0 Å². The predicted octanol–water partition coefficient (Wildman–Crippen LogP) is 4.40. The van der Waals surface area contributed by atoms with Crippen molar-refractivity contribution in [2.24, 2.45) is 4.99 Å². The summed E-state index contributed by atoms with van der Waals surface area (Å²) < 4.78 is 0. The van der Waals surface area contributed by atoms with Crippen LogP contribution in [0, 0.1) is 0 Å². The van der Waals surface area contributed by atoms with Crippen molar-refractivity contribution in [3.63, 3.8) is 0 Å². The van der Waals surface area contributed by atoms with Crippen molar-refractivity contribution in [1.29, 1.82) is 0 Å². The summed E-state index contributed by atoms with van der Waals surface area (Å²) in [6.07, 6.45) is 0.113. The van der Waals surface area contributed by atoms with Gasteiger partial charge in [-0.15, -0.1) is 0 Å². The molecule has 24 heavy (non-hydrogen) atoms. The molecule has 2 aliphatic heterocycles. The third-order valence-electron chi connectivity index (χ3n) is 5.12. The highest BCUT2D eigenvalue weighted by Crippen LogP contribution is 2.56. The number of hydrogen-bond donors (Lipinski definition) is 0. The fourth-order valence-electron chi connectivity index (χ4n) is 3.91. The molecule has 0 spiro atoms. The van der Waals surface area contributed by atoms with Gasteiger partial charge < -0.3 is 0 Å². The third kappa shape index (κ3) is 1.90. The van der Waals surface area contributed by atoms with Crippen molar-refractivity contribution in [1.82, 2.24) is 4.90 Å². The number of rotatable bonds is 3. The second-order valence-corrected chi connectivity index (χ2v) is 6.48. The molecule has 5 rings (SSSR count). The van der Waals surface area contributed by atoms with E-state index in [0.717, 1.165) is 6.54 Å². The second-order valence-electron chi connectivity index (χ2n) is 6.48. The van der Waals surface area contributed by atoms with Crippen LogP contribution in [-0.4, -0.2) is 17.2 Å². The highest BCUT2D eigenvalue weighted by Gasteiger charge is 2.64. The summed E-state index contributed by atoms with van der Waals surface area (Å²) in [5.74, 6) is 0. The van der Waals surface area contributed by atoms with Gasteiger partial charge in [0.25, 0.3) is 0 Å². The summed E-state index contributed by atoms with van der Waals surface area (Å²) >= 11 is 0. The van der Waals surface area contributed by atoms with E-state index in [0.29, 0.717) is 0 Å². The van der Waals surface area contributed by atoms with Crippen LogP contribution >= 0.6 is 0 Å². The van der Waals surface area contributed by atoms with E-state index in [4.69, 9.17) is 4.99 Å². The van der Waals surface area contributed by atoms with Crippen LogP contribution in [0.4, 0.5) is 0 Å². The molecule has 3 aromatic carbocycles. The topological polar surface area (TPSA) is 15.4 Å². The second kappa shape index (κ2) is 5.15. The normalized spacial score (nSPS) is 27.4. The van der Waals surface area contributed by atoms with Crippen molar-refractivity contribution in [3.05, 3.63) is 108 Å². The average Bonchev–Trinajstić information content (AvgIpc) is 3.33. The SMILES string of the molecule is c1ccc(C2=N[C@@H](c3ccccc3)N3C[C@]23c2ccccc2)cc1. The van der Waals surface area contributed by atoms with Gasteiger partial charge in [-0.25, -0.2) is 0 Å². The van der Waals surface area contributed by atoms with Crippen LogP contribution in [0.25, 0.3) is 0 Å². The number of aliphatic imine (C=N–C) groups is 1. The first-order valence-corrected chi connectivity index (χ1v) is 8.40. The van der Waals surface area contributed by atoms with Gasteiger partial charge >= 0.3 is 0 Å². The van der Waals surface area contributed by atoms with Gasteiger partial charge in [-0.2, -0.15) is 0 Å². The van der Waals surface area contributed by atoms with Crippen molar-refractivity contribution in [2.75, 3.05) is 6.54 Å². The molecule has 2 heteroatoms. The van der Waals surface area contributed by atoms with Gasteiger partial charge in [0.05, 0.1) is 5.71 Å². The van der Waals surface area contributed by atoms with E-state index in [9.17, 15) is 0 Å². The maximum atomic E-state index is 5.15. The molecule has 0 N–H and O–H groups in total. The molecule has 3 atom stereocenters. The molecule has 0 saturated carbocycles. The van der Waals surface area contributed by atoms with Gasteiger partial charge in [-0.1, -0.05) is 91.0 Å². The van der Waals surface area contributed by atoms with Gasteiger partial charge in [-0.3, -0.25) is 9.89 Å². The van der Waals surface area contributed by atoms with Crippen LogP contribution in [0.3, 0.4) is 0 Å². The summed E-state index contributed by atoms with van der Waals surface area (Å²) in [7, 11) is 0. The Morgan fingerprint density at radius 3 is 2.00 bits per heavy atom. The van der Waals surface area contributed by atoms with E-state index in [-0.39, 0.29) is 11.7 Å². The number of benzene rings is 3. The van der Waals surface area contributed by atoms with Gasteiger partial charge in [0.15, 0.2) is 0 Å². The van der Waals surface area contributed by atoms with E-state index in [2.05, 4.69) is 95.9 Å². The highest BCUT2D eigenvalue weighted by molar-refractivity contribution is 6.11. The number of nitrogens with zero attached hydrogens (tertiary/aromatic N) is 2. The molecular weight excluding hydrogens is 292 g/mol. The molecule has 0 aliphatic carbocycles. The Kier molecular flexibility index (Phi) is 2.94. The molecule has 116 valence electrons. The van der Waals surface area contributed by atoms with E-state index in [1.165, 1.54) is 22.4 Å². The Morgan fingerprint density at radius 1 is 0.750 bits per heavy atom. The predicted molar refractivity (Wildman–Crippen MR) is 97.0 cm³/mol. The van der Waals surface area contributed by atoms with Gasteiger partial charge in [0.2, 0.25) is 0 Å². The minimum atomic E-state index is -0.0663. The van der Waals surface area contributed by atoms with Crippen molar-refractivity contribution in [3.8, 4) is 0 Å². The summed E-state index contributed by atoms with van der Waals surface area (Å²) in [4.78, 5) is 7.65. The van der Waals surface area contributed by atoms with Crippen molar-refractivity contribution >= 4 is 5.71 Å². The number of hydrogen-bond acceptors (Lipinski definition) is 2. The lowest BCUT2D eigenvalue weighted by Gasteiger charge is -2.16. The number of fused-ring (bicyclic) bond motifs is 1. The quantitative estimate of drug-likeness (QED) is 0.655. The van der Waals surface area contributed by atoms with Crippen molar-refractivity contribution in [2.45, 2.75) is 11.7 Å². The Hall–Kier alpha value is -2.71. The lowest BCUT2D eigenvalue weighted by Crippen LogP contribution is -2.23. The Labute approximate surface area is 142 Å². The zero-order valence-corrected chi connectivity index (χ0v) is 13.3. The monoisotopic (exact) mass is 310 g/mol. The zero-order valence-electron chi connectivity index (χ0n) is 13.3. The third-order valence-corrected chi connectivity index (χ3v) is 5.12. The van der Waals surface area contributed by atoms with Crippen LogP contribution in [-0.2, 0) is 5.54 Å². The van der Waals surface area contributed by atoms with Gasteiger partial charge in [-0.05, 0) is 16.7 Å². The molecule has 0 aromatic heterocycles. The Morgan fingerprint density at radius 2 is 1.33 bits per heavy atom. The van der Waals surface area contributed by atoms with Crippen LogP contribution < -0.4 is 0 Å². The molecule has 0 amide bonds. The molecule has 1 fully saturated rings. The van der Waals surface area contributed by atoms with Crippen molar-refractivity contribution < 1.29 is 0 Å². The molecule has 0 bridgehead atoms. The minimum absolute atomic E-state index is 0.0663. The molecule has 0 radical (unpaired) electrons. The van der Waals surface area contributed by atoms with E-state index in [1.807, 2.05) is 0 Å². The Bertz CT molecular complexity index is 887. The Balaban J connectivity index is 1.66. The van der Waals surface area contributed by atoms with Crippen LogP contribution in [0.15, 0.2) is 96.0 Å². The maximum Gasteiger partial charge on any atom is 0.129 e. The average molecular weight is 310 g/mol. The largest absolute Gasteiger partial charge is 0.263 e. The van der Waals surface area contributed by atoms with Gasteiger partial charge in [0, 0.05) is 6.54 Å². The first kappa shape index (κ1) is 13.7. The van der Waals surface area contributed by atoms with E-state index < -0.39 is 0 Å². The zero-order chi connectivity index (χ0) is 16.0. The summed E-state index contributed by atoms with van der Waals surface area (Å²) in [5.41, 5.74) is 4.96. The van der Waals surface area contributed by atoms with Crippen LogP contribution in [0.5, 0.6) is 0 Å². The smallest absolute Gasteiger partial charge is 0.129 e. The molecule has 1 unspecified atom stereocenters. The lowest BCUT2D eigenvalue weighted by molar-refractivity contribution is 0.401. The lowest BCUT2D eigenvalue weighted by atomic mass is 9.90. The summed E-state index contributed by atoms with van der Waals surface area (Å²) in [5, 5.41) is 0. The van der Waals surface area contributed by atoms with Crippen LogP contribution in [0.2, 0.25) is 0 Å². The molecule has 3 aromatic rings. The molecular formula is C22H18N2. The van der Waals surface area contributed by atoms with Crippen LogP contribution in [0.1, 0.15) is 22.9 Å². The molecule has 2 heterocycles. The maximum absolute atomic E-state index is 5.15. The first-order valence-electron chi connectivity index (χ1n) is 8.40. The first-order chi connectivity index (χ1) is 11.9. The summed E-state index contributed by atoms with van der Waals surface area (Å²) in [6, 6.07) is 32.0. The minimum Gasteiger partial charge on any atom is -0.263 e. The van der Waals surface area contributed by atoms with Gasteiger partial charge in [0.1, 0.15) is 11.7 Å². The highest BCUT2D eigenvalue weighted by atomic mass is 15.5. The standard InChI is InChI=1S/C22H18N2/c1-4-10-17(11-5-1)20-22(19-14-8-3-9-15-19)16-24(22)21(23-20)18-12-6-2-7-13-18/h1-15,21H,16H2/t21-,22+,24?/m1/s1. The fourth-order valence-corrected chi connectivity index (χ4v) is 3.91. The fraction of sp³-hybridized carbons (Fsp3) is 0.136. The van der Waals surface area contributed by atoms with E-state index >= 15 is 0 Å².